The summed E-state index contributed by atoms with van der Waals surface area (Å²) >= 11 is 0. The molecule has 10 nitrogen and oxygen atoms in total. The van der Waals surface area contributed by atoms with Gasteiger partial charge in [-0.1, -0.05) is 0 Å². The van der Waals surface area contributed by atoms with Crippen LogP contribution >= 0.6 is 0 Å². The summed E-state index contributed by atoms with van der Waals surface area (Å²) in [4.78, 5) is 14.7. The fourth-order valence-corrected chi connectivity index (χ4v) is 2.34. The molecule has 0 atom stereocenters. The molecule has 0 fully saturated rings. The number of pyridine rings is 1. The third kappa shape index (κ3) is 3.57. The Labute approximate surface area is 156 Å². The van der Waals surface area contributed by atoms with Crippen molar-refractivity contribution in [3.05, 3.63) is 41.9 Å². The Balaban J connectivity index is 2.08. The predicted octanol–water partition coefficient (Wildman–Crippen LogP) is 2.76. The van der Waals surface area contributed by atoms with E-state index in [1.54, 1.807) is 25.5 Å². The minimum atomic E-state index is 0.252. The Bertz CT molecular complexity index is 1010. The van der Waals surface area contributed by atoms with E-state index in [4.69, 9.17) is 0 Å². The van der Waals surface area contributed by atoms with Crippen molar-refractivity contribution in [3.63, 3.8) is 0 Å². The van der Waals surface area contributed by atoms with Gasteiger partial charge in [0.25, 0.3) is 5.95 Å². The second-order valence-electron chi connectivity index (χ2n) is 5.79. The molecule has 0 unspecified atom stereocenters. The van der Waals surface area contributed by atoms with E-state index in [1.165, 1.54) is 10.9 Å². The quantitative estimate of drug-likeness (QED) is 0.693. The standard InChI is InChI=1S/C17H18N10/c1-11-8-13(26(3)4)23-15(19-2)14(11)24-25-16-12(9-18)10-22-27(16)17-20-6-5-7-21-17/h5-8,10H,1-4H3,(H,19,23). The van der Waals surface area contributed by atoms with E-state index in [0.717, 1.165) is 11.4 Å². The summed E-state index contributed by atoms with van der Waals surface area (Å²) in [5.41, 5.74) is 1.74. The van der Waals surface area contributed by atoms with Crippen molar-refractivity contribution in [3.8, 4) is 12.0 Å². The monoisotopic (exact) mass is 362 g/mol. The number of aryl methyl sites for hydroxylation is 1. The van der Waals surface area contributed by atoms with Gasteiger partial charge < -0.3 is 10.2 Å². The van der Waals surface area contributed by atoms with Gasteiger partial charge in [0.05, 0.1) is 6.20 Å². The van der Waals surface area contributed by atoms with Gasteiger partial charge in [-0.15, -0.1) is 10.2 Å². The highest BCUT2D eigenvalue weighted by Gasteiger charge is 2.15. The van der Waals surface area contributed by atoms with Crippen LogP contribution in [0.5, 0.6) is 0 Å². The van der Waals surface area contributed by atoms with E-state index < -0.39 is 0 Å². The highest BCUT2D eigenvalue weighted by molar-refractivity contribution is 5.68. The molecule has 0 saturated carbocycles. The predicted molar refractivity (Wildman–Crippen MR) is 101 cm³/mol. The second-order valence-corrected chi connectivity index (χ2v) is 5.79. The van der Waals surface area contributed by atoms with E-state index in [9.17, 15) is 5.26 Å². The number of hydrogen-bond donors (Lipinski definition) is 1. The highest BCUT2D eigenvalue weighted by Crippen LogP contribution is 2.32. The van der Waals surface area contributed by atoms with Gasteiger partial charge >= 0.3 is 0 Å². The van der Waals surface area contributed by atoms with Crippen molar-refractivity contribution in [2.24, 2.45) is 10.2 Å². The molecule has 3 heterocycles. The molecule has 3 aromatic heterocycles. The molecule has 0 aliphatic heterocycles. The molecule has 3 rings (SSSR count). The number of nitrogens with zero attached hydrogens (tertiary/aromatic N) is 9. The lowest BCUT2D eigenvalue weighted by Crippen LogP contribution is -2.11. The maximum atomic E-state index is 9.35. The van der Waals surface area contributed by atoms with Crippen LogP contribution in [0.25, 0.3) is 5.95 Å². The van der Waals surface area contributed by atoms with Crippen LogP contribution in [0.4, 0.5) is 23.1 Å². The van der Waals surface area contributed by atoms with Crippen molar-refractivity contribution in [2.45, 2.75) is 6.92 Å². The molecule has 27 heavy (non-hydrogen) atoms. The van der Waals surface area contributed by atoms with Crippen molar-refractivity contribution in [1.82, 2.24) is 24.7 Å². The molecular weight excluding hydrogens is 344 g/mol. The van der Waals surface area contributed by atoms with Crippen LogP contribution < -0.4 is 10.2 Å². The Kier molecular flexibility index (Phi) is 5.03. The van der Waals surface area contributed by atoms with Gasteiger partial charge in [0.2, 0.25) is 0 Å². The summed E-state index contributed by atoms with van der Waals surface area (Å²) in [6, 6.07) is 5.67. The molecule has 0 aliphatic rings. The molecule has 3 aromatic rings. The highest BCUT2D eigenvalue weighted by atomic mass is 15.4. The first-order chi connectivity index (χ1) is 13.0. The molecular formula is C17H18N10. The van der Waals surface area contributed by atoms with Crippen LogP contribution in [0.15, 0.2) is 41.0 Å². The number of azo groups is 1. The molecule has 0 aliphatic carbocycles. The summed E-state index contributed by atoms with van der Waals surface area (Å²) in [5, 5.41) is 25.1. The first-order valence-corrected chi connectivity index (χ1v) is 8.09. The Morgan fingerprint density at radius 2 is 1.96 bits per heavy atom. The summed E-state index contributed by atoms with van der Waals surface area (Å²) < 4.78 is 1.37. The molecule has 0 bridgehead atoms. The van der Waals surface area contributed by atoms with Gasteiger partial charge in [-0.05, 0) is 24.6 Å². The van der Waals surface area contributed by atoms with Crippen molar-refractivity contribution >= 4 is 23.1 Å². The number of rotatable bonds is 5. The molecule has 0 spiro atoms. The largest absolute Gasteiger partial charge is 0.371 e. The first-order valence-electron chi connectivity index (χ1n) is 8.09. The lowest BCUT2D eigenvalue weighted by molar-refractivity contribution is 0.803. The topological polar surface area (TPSA) is 120 Å². The van der Waals surface area contributed by atoms with E-state index >= 15 is 0 Å². The summed E-state index contributed by atoms with van der Waals surface area (Å²) in [5.74, 6) is 1.95. The Morgan fingerprint density at radius 1 is 1.22 bits per heavy atom. The maximum absolute atomic E-state index is 9.35. The zero-order valence-corrected chi connectivity index (χ0v) is 15.4. The van der Waals surface area contributed by atoms with Gasteiger partial charge in [0, 0.05) is 33.5 Å². The molecule has 136 valence electrons. The van der Waals surface area contributed by atoms with E-state index in [-0.39, 0.29) is 11.4 Å². The number of hydrogen-bond acceptors (Lipinski definition) is 9. The third-order valence-electron chi connectivity index (χ3n) is 3.72. The number of aromatic nitrogens is 5. The summed E-state index contributed by atoms with van der Waals surface area (Å²) in [7, 11) is 5.60. The maximum Gasteiger partial charge on any atom is 0.252 e. The SMILES string of the molecule is CNc1nc(N(C)C)cc(C)c1N=Nc1c(C#N)cnn1-c1ncccn1. The lowest BCUT2D eigenvalue weighted by atomic mass is 10.2. The van der Waals surface area contributed by atoms with Gasteiger partial charge in [-0.25, -0.2) is 15.0 Å². The lowest BCUT2D eigenvalue weighted by Gasteiger charge is -2.15. The average molecular weight is 362 g/mol. The average Bonchev–Trinajstić information content (AvgIpc) is 3.09. The number of anilines is 2. The van der Waals surface area contributed by atoms with Crippen LogP contribution in [-0.4, -0.2) is 45.9 Å². The number of nitriles is 1. The van der Waals surface area contributed by atoms with Gasteiger partial charge in [0.15, 0.2) is 11.6 Å². The third-order valence-corrected chi connectivity index (χ3v) is 3.72. The van der Waals surface area contributed by atoms with Crippen LogP contribution in [0.3, 0.4) is 0 Å². The Hall–Kier alpha value is -3.87. The number of nitrogens with one attached hydrogen (secondary N) is 1. The van der Waals surface area contributed by atoms with Crippen molar-refractivity contribution in [1.29, 1.82) is 5.26 Å². The molecule has 0 saturated heterocycles. The molecule has 0 amide bonds. The molecule has 10 heteroatoms. The zero-order valence-electron chi connectivity index (χ0n) is 15.4. The summed E-state index contributed by atoms with van der Waals surface area (Å²) in [6.07, 6.45) is 4.58. The van der Waals surface area contributed by atoms with Crippen LogP contribution in [0, 0.1) is 18.3 Å². The van der Waals surface area contributed by atoms with Gasteiger partial charge in [-0.3, -0.25) is 0 Å². The van der Waals surface area contributed by atoms with Crippen molar-refractivity contribution in [2.75, 3.05) is 31.4 Å². The molecule has 0 radical (unpaired) electrons. The van der Waals surface area contributed by atoms with E-state index in [2.05, 4.69) is 41.7 Å². The molecule has 0 aromatic carbocycles. The Morgan fingerprint density at radius 3 is 2.59 bits per heavy atom. The zero-order chi connectivity index (χ0) is 19.4. The summed E-state index contributed by atoms with van der Waals surface area (Å²) in [6.45, 7) is 1.92. The van der Waals surface area contributed by atoms with E-state index in [0.29, 0.717) is 17.5 Å². The van der Waals surface area contributed by atoms with Crippen LogP contribution in [0.2, 0.25) is 0 Å². The minimum absolute atomic E-state index is 0.252. The van der Waals surface area contributed by atoms with Gasteiger partial charge in [-0.2, -0.15) is 15.0 Å². The fourth-order valence-electron chi connectivity index (χ4n) is 2.34. The van der Waals surface area contributed by atoms with Crippen molar-refractivity contribution < 1.29 is 0 Å². The minimum Gasteiger partial charge on any atom is -0.371 e. The second kappa shape index (κ2) is 7.57. The first kappa shape index (κ1) is 17.9. The van der Waals surface area contributed by atoms with Crippen LogP contribution in [-0.2, 0) is 0 Å². The van der Waals surface area contributed by atoms with Crippen LogP contribution in [0.1, 0.15) is 11.1 Å². The smallest absolute Gasteiger partial charge is 0.252 e. The normalized spacial score (nSPS) is 10.8. The molecule has 1 N–H and O–H groups in total. The van der Waals surface area contributed by atoms with Gasteiger partial charge in [0.1, 0.15) is 23.1 Å². The van der Waals surface area contributed by atoms with E-state index in [1.807, 2.05) is 32.0 Å². The fraction of sp³-hybridized carbons (Fsp3) is 0.235.